The molecule has 0 unspecified atom stereocenters. The number of hydrogen-bond acceptors (Lipinski definition) is 4. The summed E-state index contributed by atoms with van der Waals surface area (Å²) in [4.78, 5) is 25.7. The summed E-state index contributed by atoms with van der Waals surface area (Å²) in [7, 11) is 3.86. The van der Waals surface area contributed by atoms with Gasteiger partial charge in [0.2, 0.25) is 0 Å². The first-order chi connectivity index (χ1) is 14.2. The van der Waals surface area contributed by atoms with Crippen LogP contribution in [0.5, 0.6) is 0 Å². The molecular formula is C21H23F3N5O+. The van der Waals surface area contributed by atoms with Crippen molar-refractivity contribution in [2.24, 2.45) is 4.99 Å². The van der Waals surface area contributed by atoms with Crippen LogP contribution >= 0.6 is 0 Å². The monoisotopic (exact) mass is 418 g/mol. The molecule has 2 aromatic rings. The number of carbonyl (C=O) groups is 1. The number of rotatable bonds is 3. The van der Waals surface area contributed by atoms with Crippen molar-refractivity contribution in [2.45, 2.75) is 31.6 Å². The number of aliphatic imine (C=N–C) groups is 1. The molecule has 3 heterocycles. The lowest BCUT2D eigenvalue weighted by molar-refractivity contribution is -0.558. The van der Waals surface area contributed by atoms with Gasteiger partial charge in [0, 0.05) is 13.1 Å². The van der Waals surface area contributed by atoms with Crippen LogP contribution in [0.15, 0.2) is 41.7 Å². The maximum Gasteiger partial charge on any atom is 0.416 e. The number of aromatic nitrogens is 2. The third-order valence-electron chi connectivity index (χ3n) is 5.78. The van der Waals surface area contributed by atoms with Crippen LogP contribution in [-0.2, 0) is 12.7 Å². The van der Waals surface area contributed by atoms with E-state index in [-0.39, 0.29) is 11.9 Å². The lowest BCUT2D eigenvalue weighted by Gasteiger charge is -2.34. The number of benzene rings is 1. The van der Waals surface area contributed by atoms with Crippen LogP contribution in [0.25, 0.3) is 0 Å². The van der Waals surface area contributed by atoms with Crippen LogP contribution in [0.4, 0.5) is 13.2 Å². The van der Waals surface area contributed by atoms with Crippen LogP contribution in [-0.4, -0.2) is 59.8 Å². The van der Waals surface area contributed by atoms with Gasteiger partial charge in [0.1, 0.15) is 6.20 Å². The van der Waals surface area contributed by atoms with Gasteiger partial charge in [-0.15, -0.1) is 0 Å². The first-order valence-corrected chi connectivity index (χ1v) is 9.83. The summed E-state index contributed by atoms with van der Waals surface area (Å²) < 4.78 is 40.3. The van der Waals surface area contributed by atoms with Gasteiger partial charge in [0.15, 0.2) is 17.9 Å². The maximum atomic E-state index is 13.0. The highest BCUT2D eigenvalue weighted by Gasteiger charge is 2.33. The minimum Gasteiger partial charge on any atom is -0.337 e. The van der Waals surface area contributed by atoms with Gasteiger partial charge < -0.3 is 9.80 Å². The highest BCUT2D eigenvalue weighted by atomic mass is 19.4. The smallest absolute Gasteiger partial charge is 0.337 e. The van der Waals surface area contributed by atoms with Crippen molar-refractivity contribution >= 4 is 11.7 Å². The van der Waals surface area contributed by atoms with Gasteiger partial charge in [0.05, 0.1) is 17.3 Å². The van der Waals surface area contributed by atoms with Gasteiger partial charge in [-0.3, -0.25) is 4.79 Å². The SMILES string of the molecule is CN1CCC(N(C)C(=O)c2c[n+]3c(cn2)CN=C3c2ccc(C(F)(F)F)cc2)CC1. The Morgan fingerprint density at radius 2 is 1.87 bits per heavy atom. The van der Waals surface area contributed by atoms with E-state index >= 15 is 0 Å². The Morgan fingerprint density at radius 1 is 1.20 bits per heavy atom. The molecule has 1 aromatic carbocycles. The number of halogens is 3. The average Bonchev–Trinajstić information content (AvgIpc) is 3.16. The van der Waals surface area contributed by atoms with Crippen LogP contribution in [0.1, 0.15) is 40.2 Å². The summed E-state index contributed by atoms with van der Waals surface area (Å²) in [5.74, 6) is 0.343. The molecule has 0 aliphatic carbocycles. The van der Waals surface area contributed by atoms with E-state index in [9.17, 15) is 18.0 Å². The van der Waals surface area contributed by atoms with Gasteiger partial charge >= 0.3 is 12.0 Å². The number of likely N-dealkylation sites (tertiary alicyclic amines) is 1. The lowest BCUT2D eigenvalue weighted by Crippen LogP contribution is -2.47. The molecule has 1 amide bonds. The van der Waals surface area contributed by atoms with Gasteiger partial charge in [-0.05, 0) is 57.2 Å². The van der Waals surface area contributed by atoms with Crippen molar-refractivity contribution in [1.82, 2.24) is 14.8 Å². The first kappa shape index (κ1) is 20.5. The molecule has 158 valence electrons. The van der Waals surface area contributed by atoms with E-state index in [0.717, 1.165) is 43.8 Å². The molecule has 6 nitrogen and oxygen atoms in total. The number of fused-ring (bicyclic) bond motifs is 1. The quantitative estimate of drug-likeness (QED) is 0.720. The summed E-state index contributed by atoms with van der Waals surface area (Å²) in [5.41, 5.74) is 0.922. The van der Waals surface area contributed by atoms with Crippen LogP contribution < -0.4 is 4.57 Å². The first-order valence-electron chi connectivity index (χ1n) is 9.83. The number of piperidine rings is 1. The van der Waals surface area contributed by atoms with E-state index in [0.29, 0.717) is 23.6 Å². The predicted molar refractivity (Wildman–Crippen MR) is 104 cm³/mol. The van der Waals surface area contributed by atoms with E-state index in [1.165, 1.54) is 12.1 Å². The average molecular weight is 418 g/mol. The number of hydrogen-bond donors (Lipinski definition) is 0. The molecule has 30 heavy (non-hydrogen) atoms. The number of nitrogens with zero attached hydrogens (tertiary/aromatic N) is 5. The zero-order chi connectivity index (χ0) is 21.5. The third-order valence-corrected chi connectivity index (χ3v) is 5.78. The predicted octanol–water partition coefficient (Wildman–Crippen LogP) is 2.36. The van der Waals surface area contributed by atoms with Crippen molar-refractivity contribution in [2.75, 3.05) is 27.2 Å². The van der Waals surface area contributed by atoms with Crippen molar-refractivity contribution in [1.29, 1.82) is 0 Å². The minimum atomic E-state index is -4.39. The van der Waals surface area contributed by atoms with E-state index in [4.69, 9.17) is 0 Å². The van der Waals surface area contributed by atoms with Crippen molar-refractivity contribution in [3.63, 3.8) is 0 Å². The molecule has 1 fully saturated rings. The molecule has 1 aromatic heterocycles. The molecular weight excluding hydrogens is 395 g/mol. The van der Waals surface area contributed by atoms with Crippen molar-refractivity contribution in [3.05, 3.63) is 59.2 Å². The standard InChI is InChI=1S/C21H23F3N5O/c1-27-9-7-16(8-10-27)28(2)20(30)18-13-29-17(11-25-18)12-26-19(29)14-3-5-15(6-4-14)21(22,23)24/h3-6,11,13,16H,7-10,12H2,1-2H3/q+1. The second-order valence-corrected chi connectivity index (χ2v) is 7.80. The molecule has 0 atom stereocenters. The van der Waals surface area contributed by atoms with E-state index in [1.54, 1.807) is 28.9 Å². The Bertz CT molecular complexity index is 979. The highest BCUT2D eigenvalue weighted by molar-refractivity contribution is 5.94. The lowest BCUT2D eigenvalue weighted by atomic mass is 10.0. The van der Waals surface area contributed by atoms with Gasteiger partial charge in [-0.25, -0.2) is 4.98 Å². The Balaban J connectivity index is 1.56. The molecule has 0 bridgehead atoms. The summed E-state index contributed by atoms with van der Waals surface area (Å²) in [6, 6.07) is 5.04. The Labute approximate surface area is 172 Å². The molecule has 0 spiro atoms. The molecule has 1 saturated heterocycles. The van der Waals surface area contributed by atoms with Crippen LogP contribution in [0, 0.1) is 0 Å². The van der Waals surface area contributed by atoms with Crippen molar-refractivity contribution < 1.29 is 22.5 Å². The van der Waals surface area contributed by atoms with E-state index < -0.39 is 11.7 Å². The van der Waals surface area contributed by atoms with E-state index in [1.807, 2.05) is 0 Å². The fraction of sp³-hybridized carbons (Fsp3) is 0.429. The highest BCUT2D eigenvalue weighted by Crippen LogP contribution is 2.29. The summed E-state index contributed by atoms with van der Waals surface area (Å²) in [6.45, 7) is 2.25. The number of carbonyl (C=O) groups excluding carboxylic acids is 1. The Kier molecular flexibility index (Phi) is 5.31. The Hall–Kier alpha value is -2.81. The third kappa shape index (κ3) is 3.94. The molecule has 2 aliphatic heterocycles. The topological polar surface area (TPSA) is 52.7 Å². The normalized spacial score (nSPS) is 17.6. The van der Waals surface area contributed by atoms with Crippen molar-refractivity contribution in [3.8, 4) is 0 Å². The van der Waals surface area contributed by atoms with Gasteiger partial charge in [0.25, 0.3) is 5.91 Å². The zero-order valence-electron chi connectivity index (χ0n) is 16.9. The minimum absolute atomic E-state index is 0.164. The Morgan fingerprint density at radius 3 is 2.50 bits per heavy atom. The molecule has 9 heteroatoms. The molecule has 0 radical (unpaired) electrons. The zero-order valence-corrected chi connectivity index (χ0v) is 16.9. The molecule has 4 rings (SSSR count). The fourth-order valence-corrected chi connectivity index (χ4v) is 3.87. The molecule has 2 aliphatic rings. The number of amides is 1. The van der Waals surface area contributed by atoms with E-state index in [2.05, 4.69) is 21.9 Å². The van der Waals surface area contributed by atoms with Gasteiger partial charge in [-0.1, -0.05) is 4.99 Å². The molecule has 0 N–H and O–H groups in total. The molecule has 0 saturated carbocycles. The summed E-state index contributed by atoms with van der Waals surface area (Å²) >= 11 is 0. The second-order valence-electron chi connectivity index (χ2n) is 7.80. The second kappa shape index (κ2) is 7.79. The summed E-state index contributed by atoms with van der Waals surface area (Å²) in [6.07, 6.45) is 0.677. The fourth-order valence-electron chi connectivity index (χ4n) is 3.87. The van der Waals surface area contributed by atoms with Gasteiger partial charge in [-0.2, -0.15) is 17.7 Å². The van der Waals surface area contributed by atoms with Crippen LogP contribution in [0.3, 0.4) is 0 Å². The number of alkyl halides is 3. The maximum absolute atomic E-state index is 13.0. The largest absolute Gasteiger partial charge is 0.416 e. The summed E-state index contributed by atoms with van der Waals surface area (Å²) in [5, 5.41) is 0. The van der Waals surface area contributed by atoms with Crippen LogP contribution in [0.2, 0.25) is 0 Å².